The molecule has 3 aromatic heterocycles. The molecule has 3 heterocycles. The number of rotatable bonds is 5. The predicted molar refractivity (Wildman–Crippen MR) is 116 cm³/mol. The maximum absolute atomic E-state index is 13.6. The van der Waals surface area contributed by atoms with Gasteiger partial charge in [0.25, 0.3) is 5.91 Å². The Morgan fingerprint density at radius 3 is 2.66 bits per heavy atom. The van der Waals surface area contributed by atoms with E-state index in [4.69, 9.17) is 4.98 Å². The zero-order valence-corrected chi connectivity index (χ0v) is 17.8. The van der Waals surface area contributed by atoms with Gasteiger partial charge < -0.3 is 0 Å². The van der Waals surface area contributed by atoms with Crippen molar-refractivity contribution in [1.29, 1.82) is 0 Å². The van der Waals surface area contributed by atoms with E-state index in [1.54, 1.807) is 28.0 Å². The van der Waals surface area contributed by atoms with E-state index in [2.05, 4.69) is 36.1 Å². The van der Waals surface area contributed by atoms with Crippen molar-refractivity contribution in [3.05, 3.63) is 71.3 Å². The first kappa shape index (κ1) is 19.3. The van der Waals surface area contributed by atoms with Crippen LogP contribution in [0.5, 0.6) is 0 Å². The molecule has 29 heavy (non-hydrogen) atoms. The van der Waals surface area contributed by atoms with Crippen LogP contribution in [0.25, 0.3) is 10.2 Å². The van der Waals surface area contributed by atoms with Gasteiger partial charge in [-0.1, -0.05) is 17.4 Å². The minimum absolute atomic E-state index is 0.0846. The highest BCUT2D eigenvalue weighted by Gasteiger charge is 2.25. The van der Waals surface area contributed by atoms with Crippen LogP contribution in [0.4, 0.5) is 5.13 Å². The summed E-state index contributed by atoms with van der Waals surface area (Å²) in [5.74, 6) is -0.130. The van der Waals surface area contributed by atoms with E-state index in [-0.39, 0.29) is 11.9 Å². The number of aromatic nitrogens is 4. The Labute approximate surface area is 173 Å². The van der Waals surface area contributed by atoms with Crippen LogP contribution in [0.3, 0.4) is 0 Å². The molecule has 7 heteroatoms. The maximum atomic E-state index is 13.6. The van der Waals surface area contributed by atoms with Crippen LogP contribution in [-0.4, -0.2) is 25.7 Å². The van der Waals surface area contributed by atoms with Gasteiger partial charge in [0.05, 0.1) is 22.5 Å². The number of nitrogens with zero attached hydrogens (tertiary/aromatic N) is 5. The molecule has 0 aliphatic heterocycles. The number of aryl methyl sites for hydroxylation is 2. The van der Waals surface area contributed by atoms with E-state index in [0.29, 0.717) is 17.4 Å². The molecule has 0 spiro atoms. The number of hydrogen-bond donors (Lipinski definition) is 0. The largest absolute Gasteiger partial charge is 0.278 e. The molecular weight excluding hydrogens is 382 g/mol. The number of carbonyl (C=O) groups is 1. The van der Waals surface area contributed by atoms with E-state index in [1.165, 1.54) is 22.5 Å². The van der Waals surface area contributed by atoms with Crippen LogP contribution < -0.4 is 4.90 Å². The average Bonchev–Trinajstić information content (AvgIpc) is 3.34. The van der Waals surface area contributed by atoms with Crippen LogP contribution in [-0.2, 0) is 6.54 Å². The summed E-state index contributed by atoms with van der Waals surface area (Å²) in [6, 6.07) is 11.8. The molecule has 0 aliphatic carbocycles. The van der Waals surface area contributed by atoms with Crippen LogP contribution in [0, 0.1) is 13.8 Å². The zero-order chi connectivity index (χ0) is 20.5. The van der Waals surface area contributed by atoms with Crippen molar-refractivity contribution < 1.29 is 4.79 Å². The molecule has 4 aromatic rings. The van der Waals surface area contributed by atoms with Gasteiger partial charge in [0.1, 0.15) is 5.69 Å². The highest BCUT2D eigenvalue weighted by atomic mass is 32.1. The summed E-state index contributed by atoms with van der Waals surface area (Å²) in [4.78, 5) is 24.4. The molecule has 6 nitrogen and oxygen atoms in total. The lowest BCUT2D eigenvalue weighted by molar-refractivity contribution is 0.0972. The molecular formula is C22H23N5OS. The number of fused-ring (bicyclic) bond motifs is 1. The quantitative estimate of drug-likeness (QED) is 0.472. The highest BCUT2D eigenvalue weighted by molar-refractivity contribution is 7.22. The SMILES string of the molecule is Cc1cc2nc(N(Cc3ccccn3)C(=O)c3ccnn3C(C)C)sc2cc1C. The topological polar surface area (TPSA) is 63.9 Å². The fourth-order valence-corrected chi connectivity index (χ4v) is 4.24. The third-order valence-corrected chi connectivity index (χ3v) is 5.93. The van der Waals surface area contributed by atoms with E-state index < -0.39 is 0 Å². The molecule has 1 amide bonds. The van der Waals surface area contributed by atoms with Gasteiger partial charge in [0, 0.05) is 18.4 Å². The number of hydrogen-bond acceptors (Lipinski definition) is 5. The van der Waals surface area contributed by atoms with E-state index in [1.807, 2.05) is 32.0 Å². The lowest BCUT2D eigenvalue weighted by Crippen LogP contribution is -2.32. The van der Waals surface area contributed by atoms with Gasteiger partial charge in [-0.15, -0.1) is 0 Å². The molecule has 0 aliphatic rings. The summed E-state index contributed by atoms with van der Waals surface area (Å²) in [6.45, 7) is 8.53. The van der Waals surface area contributed by atoms with E-state index >= 15 is 0 Å². The molecule has 0 unspecified atom stereocenters. The molecule has 0 saturated heterocycles. The Hall–Kier alpha value is -3.06. The molecule has 1 aromatic carbocycles. The second kappa shape index (κ2) is 7.75. The van der Waals surface area contributed by atoms with Gasteiger partial charge in [0.15, 0.2) is 5.13 Å². The van der Waals surface area contributed by atoms with Crippen molar-refractivity contribution in [1.82, 2.24) is 19.7 Å². The van der Waals surface area contributed by atoms with Crippen LogP contribution in [0.1, 0.15) is 47.2 Å². The van der Waals surface area contributed by atoms with Gasteiger partial charge in [-0.25, -0.2) is 4.98 Å². The first-order valence-corrected chi connectivity index (χ1v) is 10.4. The minimum atomic E-state index is -0.130. The first-order valence-electron chi connectivity index (χ1n) is 9.57. The fourth-order valence-electron chi connectivity index (χ4n) is 3.20. The lowest BCUT2D eigenvalue weighted by Gasteiger charge is -2.21. The van der Waals surface area contributed by atoms with Crippen LogP contribution in [0.2, 0.25) is 0 Å². The Bertz CT molecular complexity index is 1120. The van der Waals surface area contributed by atoms with Gasteiger partial charge in [-0.3, -0.25) is 19.4 Å². The Morgan fingerprint density at radius 2 is 1.93 bits per heavy atom. The molecule has 0 saturated carbocycles. The second-order valence-electron chi connectivity index (χ2n) is 7.37. The summed E-state index contributed by atoms with van der Waals surface area (Å²) in [5, 5.41) is 4.99. The minimum Gasteiger partial charge on any atom is -0.277 e. The number of anilines is 1. The van der Waals surface area contributed by atoms with Gasteiger partial charge in [-0.05, 0) is 69.2 Å². The summed E-state index contributed by atoms with van der Waals surface area (Å²) in [6.07, 6.45) is 3.40. The van der Waals surface area contributed by atoms with E-state index in [9.17, 15) is 4.79 Å². The fraction of sp³-hybridized carbons (Fsp3) is 0.273. The zero-order valence-electron chi connectivity index (χ0n) is 17.0. The number of thiazole rings is 1. The van der Waals surface area contributed by atoms with Gasteiger partial charge in [0.2, 0.25) is 0 Å². The monoisotopic (exact) mass is 405 g/mol. The number of carbonyl (C=O) groups excluding carboxylic acids is 1. The first-order chi connectivity index (χ1) is 13.9. The number of amides is 1. The van der Waals surface area contributed by atoms with Crippen molar-refractivity contribution in [2.24, 2.45) is 0 Å². The van der Waals surface area contributed by atoms with Gasteiger partial charge in [-0.2, -0.15) is 5.10 Å². The highest BCUT2D eigenvalue weighted by Crippen LogP contribution is 2.32. The van der Waals surface area contributed by atoms with E-state index in [0.717, 1.165) is 15.9 Å². The summed E-state index contributed by atoms with van der Waals surface area (Å²) in [7, 11) is 0. The maximum Gasteiger partial charge on any atom is 0.278 e. The van der Waals surface area contributed by atoms with Gasteiger partial charge >= 0.3 is 0 Å². The molecule has 0 atom stereocenters. The smallest absolute Gasteiger partial charge is 0.277 e. The molecule has 0 bridgehead atoms. The van der Waals surface area contributed by atoms with Crippen molar-refractivity contribution >= 4 is 32.6 Å². The lowest BCUT2D eigenvalue weighted by atomic mass is 10.1. The van der Waals surface area contributed by atoms with Crippen molar-refractivity contribution in [2.75, 3.05) is 4.90 Å². The van der Waals surface area contributed by atoms with Crippen LogP contribution >= 0.6 is 11.3 Å². The number of benzene rings is 1. The van der Waals surface area contributed by atoms with Crippen molar-refractivity contribution in [3.63, 3.8) is 0 Å². The van der Waals surface area contributed by atoms with Crippen molar-refractivity contribution in [3.8, 4) is 0 Å². The summed E-state index contributed by atoms with van der Waals surface area (Å²) in [5.41, 5.74) is 4.66. The third kappa shape index (κ3) is 3.78. The Morgan fingerprint density at radius 1 is 1.14 bits per heavy atom. The molecule has 4 rings (SSSR count). The molecule has 148 valence electrons. The molecule has 0 fully saturated rings. The normalized spacial score (nSPS) is 11.3. The van der Waals surface area contributed by atoms with Crippen LogP contribution in [0.15, 0.2) is 48.8 Å². The molecule has 0 N–H and O–H groups in total. The Balaban J connectivity index is 1.80. The predicted octanol–water partition coefficient (Wildman–Crippen LogP) is 4.93. The second-order valence-corrected chi connectivity index (χ2v) is 8.38. The summed E-state index contributed by atoms with van der Waals surface area (Å²) < 4.78 is 2.81. The average molecular weight is 406 g/mol. The van der Waals surface area contributed by atoms with Crippen molar-refractivity contribution in [2.45, 2.75) is 40.3 Å². The third-order valence-electron chi connectivity index (χ3n) is 4.89. The Kier molecular flexibility index (Phi) is 5.15. The number of pyridine rings is 1. The molecule has 0 radical (unpaired) electrons. The summed E-state index contributed by atoms with van der Waals surface area (Å²) >= 11 is 1.52. The standard InChI is InChI=1S/C22H23N5OS/c1-14(2)27-19(8-10-24-27)21(28)26(13-17-7-5-6-9-23-17)22-25-18-11-15(3)16(4)12-20(18)29-22/h5-12,14H,13H2,1-4H3.